The summed E-state index contributed by atoms with van der Waals surface area (Å²) < 4.78 is 0. The van der Waals surface area contributed by atoms with Crippen molar-refractivity contribution in [2.24, 2.45) is 0 Å². The highest BCUT2D eigenvalue weighted by Crippen LogP contribution is 2.35. The van der Waals surface area contributed by atoms with Crippen LogP contribution in [0.4, 0.5) is 11.4 Å². The summed E-state index contributed by atoms with van der Waals surface area (Å²) in [6, 6.07) is 8.55. The Balaban J connectivity index is 2.67. The summed E-state index contributed by atoms with van der Waals surface area (Å²) in [4.78, 5) is 20.5. The number of hydrogen-bond acceptors (Lipinski definition) is 4. The van der Waals surface area contributed by atoms with Crippen LogP contribution in [-0.4, -0.2) is 9.85 Å². The van der Waals surface area contributed by atoms with E-state index in [4.69, 9.17) is 11.6 Å². The molecule has 0 bridgehead atoms. The second-order valence-corrected chi connectivity index (χ2v) is 4.61. The maximum Gasteiger partial charge on any atom is 0.284 e. The normalized spacial score (nSPS) is 10.3. The van der Waals surface area contributed by atoms with Gasteiger partial charge < -0.3 is 0 Å². The maximum atomic E-state index is 11.1. The van der Waals surface area contributed by atoms with Gasteiger partial charge in [0.1, 0.15) is 0 Å². The van der Waals surface area contributed by atoms with Crippen LogP contribution in [0.15, 0.2) is 36.4 Å². The number of benzene rings is 2. The highest BCUT2D eigenvalue weighted by atomic mass is 35.5. The second kappa shape index (κ2) is 5.26. The summed E-state index contributed by atoms with van der Waals surface area (Å²) in [5, 5.41) is 22.3. The average molecular weight is 293 g/mol. The van der Waals surface area contributed by atoms with Crippen LogP contribution in [0.3, 0.4) is 0 Å². The number of non-ortho nitro benzene ring substituents is 1. The third kappa shape index (κ3) is 2.60. The lowest BCUT2D eigenvalue weighted by Crippen LogP contribution is -1.96. The standard InChI is InChI=1S/C13H9ClN2O4/c1-8-6-9(14)2-4-11(8)12-5-3-10(15(17)18)7-13(12)16(19)20/h2-7H,1H3. The fourth-order valence-electron chi connectivity index (χ4n) is 1.94. The van der Waals surface area contributed by atoms with E-state index < -0.39 is 9.85 Å². The topological polar surface area (TPSA) is 86.3 Å². The first-order valence-electron chi connectivity index (χ1n) is 5.59. The molecule has 0 aromatic heterocycles. The molecule has 0 saturated heterocycles. The van der Waals surface area contributed by atoms with Gasteiger partial charge in [0.2, 0.25) is 0 Å². The number of nitrogens with zero attached hydrogens (tertiary/aromatic N) is 2. The van der Waals surface area contributed by atoms with Gasteiger partial charge in [-0.1, -0.05) is 17.7 Å². The van der Waals surface area contributed by atoms with Crippen molar-refractivity contribution >= 4 is 23.0 Å². The Morgan fingerprint density at radius 2 is 1.60 bits per heavy atom. The van der Waals surface area contributed by atoms with Crippen LogP contribution in [0.1, 0.15) is 5.56 Å². The Morgan fingerprint density at radius 1 is 0.950 bits per heavy atom. The molecule has 0 aliphatic heterocycles. The molecule has 2 aromatic rings. The van der Waals surface area contributed by atoms with Crippen molar-refractivity contribution in [3.05, 3.63) is 67.2 Å². The fourth-order valence-corrected chi connectivity index (χ4v) is 2.17. The lowest BCUT2D eigenvalue weighted by Gasteiger charge is -2.07. The molecule has 0 N–H and O–H groups in total. The summed E-state index contributed by atoms with van der Waals surface area (Å²) >= 11 is 5.85. The molecule has 0 radical (unpaired) electrons. The van der Waals surface area contributed by atoms with E-state index in [2.05, 4.69) is 0 Å². The van der Waals surface area contributed by atoms with Gasteiger partial charge in [-0.2, -0.15) is 0 Å². The van der Waals surface area contributed by atoms with Crippen molar-refractivity contribution in [2.75, 3.05) is 0 Å². The Bertz CT molecular complexity index is 716. The molecule has 2 rings (SSSR count). The molecule has 7 heteroatoms. The number of aryl methyl sites for hydroxylation is 1. The van der Waals surface area contributed by atoms with E-state index in [9.17, 15) is 20.2 Å². The maximum absolute atomic E-state index is 11.1. The summed E-state index contributed by atoms with van der Waals surface area (Å²) in [5.74, 6) is 0. The van der Waals surface area contributed by atoms with E-state index in [1.807, 2.05) is 0 Å². The summed E-state index contributed by atoms with van der Waals surface area (Å²) in [6.07, 6.45) is 0. The van der Waals surface area contributed by atoms with E-state index in [-0.39, 0.29) is 11.4 Å². The van der Waals surface area contributed by atoms with Gasteiger partial charge in [-0.05, 0) is 36.2 Å². The molecule has 0 fully saturated rings. The smallest absolute Gasteiger partial charge is 0.258 e. The van der Waals surface area contributed by atoms with Crippen molar-refractivity contribution in [1.82, 2.24) is 0 Å². The van der Waals surface area contributed by atoms with Crippen molar-refractivity contribution < 1.29 is 9.85 Å². The van der Waals surface area contributed by atoms with Gasteiger partial charge in [-0.3, -0.25) is 20.2 Å². The molecule has 0 unspecified atom stereocenters. The largest absolute Gasteiger partial charge is 0.284 e. The monoisotopic (exact) mass is 292 g/mol. The minimum atomic E-state index is -0.661. The molecule has 20 heavy (non-hydrogen) atoms. The van der Waals surface area contributed by atoms with Crippen LogP contribution in [-0.2, 0) is 0 Å². The van der Waals surface area contributed by atoms with Gasteiger partial charge >= 0.3 is 0 Å². The molecular weight excluding hydrogens is 284 g/mol. The highest BCUT2D eigenvalue weighted by Gasteiger charge is 2.21. The van der Waals surface area contributed by atoms with Crippen molar-refractivity contribution in [1.29, 1.82) is 0 Å². The van der Waals surface area contributed by atoms with E-state index in [0.717, 1.165) is 11.6 Å². The number of nitro benzene ring substituents is 2. The molecule has 0 atom stereocenters. The van der Waals surface area contributed by atoms with Crippen LogP contribution in [0.2, 0.25) is 5.02 Å². The van der Waals surface area contributed by atoms with Crippen molar-refractivity contribution in [3.63, 3.8) is 0 Å². The lowest BCUT2D eigenvalue weighted by atomic mass is 9.99. The SMILES string of the molecule is Cc1cc(Cl)ccc1-c1ccc([N+](=O)[O-])cc1[N+](=O)[O-]. The van der Waals surface area contributed by atoms with Crippen LogP contribution >= 0.6 is 11.6 Å². The molecule has 102 valence electrons. The van der Waals surface area contributed by atoms with Crippen molar-refractivity contribution in [2.45, 2.75) is 6.92 Å². The Hall–Kier alpha value is -2.47. The average Bonchev–Trinajstić information content (AvgIpc) is 2.38. The predicted molar refractivity (Wildman–Crippen MR) is 74.9 cm³/mol. The first-order chi connectivity index (χ1) is 9.40. The first-order valence-corrected chi connectivity index (χ1v) is 5.97. The Morgan fingerprint density at radius 3 is 2.15 bits per heavy atom. The van der Waals surface area contributed by atoms with E-state index in [1.165, 1.54) is 12.1 Å². The fraction of sp³-hybridized carbons (Fsp3) is 0.0769. The zero-order chi connectivity index (χ0) is 14.9. The summed E-state index contributed by atoms with van der Waals surface area (Å²) in [6.45, 7) is 1.77. The Kier molecular flexibility index (Phi) is 3.67. The third-order valence-electron chi connectivity index (χ3n) is 2.87. The lowest BCUT2D eigenvalue weighted by molar-refractivity contribution is -0.393. The molecule has 0 aliphatic rings. The van der Waals surface area contributed by atoms with Crippen LogP contribution < -0.4 is 0 Å². The molecule has 0 amide bonds. The van der Waals surface area contributed by atoms with Gasteiger partial charge in [0, 0.05) is 11.1 Å². The van der Waals surface area contributed by atoms with E-state index in [1.54, 1.807) is 25.1 Å². The van der Waals surface area contributed by atoms with E-state index in [0.29, 0.717) is 16.1 Å². The van der Waals surface area contributed by atoms with Gasteiger partial charge in [-0.25, -0.2) is 0 Å². The zero-order valence-corrected chi connectivity index (χ0v) is 11.1. The molecule has 6 nitrogen and oxygen atoms in total. The van der Waals surface area contributed by atoms with Gasteiger partial charge in [-0.15, -0.1) is 0 Å². The molecule has 2 aromatic carbocycles. The van der Waals surface area contributed by atoms with Crippen molar-refractivity contribution in [3.8, 4) is 11.1 Å². The minimum absolute atomic E-state index is 0.301. The summed E-state index contributed by atoms with van der Waals surface area (Å²) in [5.41, 5.74) is 1.09. The van der Waals surface area contributed by atoms with Crippen LogP contribution in [0.25, 0.3) is 11.1 Å². The van der Waals surface area contributed by atoms with Gasteiger partial charge in [0.05, 0.1) is 21.5 Å². The van der Waals surface area contributed by atoms with Crippen LogP contribution in [0, 0.1) is 27.2 Å². The molecule has 0 spiro atoms. The van der Waals surface area contributed by atoms with Gasteiger partial charge in [0.15, 0.2) is 0 Å². The number of halogens is 1. The zero-order valence-electron chi connectivity index (χ0n) is 10.4. The number of nitro groups is 2. The van der Waals surface area contributed by atoms with Crippen LogP contribution in [0.5, 0.6) is 0 Å². The van der Waals surface area contributed by atoms with Gasteiger partial charge in [0.25, 0.3) is 11.4 Å². The molecule has 0 heterocycles. The predicted octanol–water partition coefficient (Wildman–Crippen LogP) is 4.13. The first kappa shape index (κ1) is 14.0. The number of hydrogen-bond donors (Lipinski definition) is 0. The molecule has 0 saturated carbocycles. The molecule has 0 aliphatic carbocycles. The quantitative estimate of drug-likeness (QED) is 0.628. The number of rotatable bonds is 3. The van der Waals surface area contributed by atoms with E-state index >= 15 is 0 Å². The Labute approximate surface area is 118 Å². The second-order valence-electron chi connectivity index (χ2n) is 4.17. The highest BCUT2D eigenvalue weighted by molar-refractivity contribution is 6.30. The summed E-state index contributed by atoms with van der Waals surface area (Å²) in [7, 11) is 0. The molecular formula is C13H9ClN2O4. The third-order valence-corrected chi connectivity index (χ3v) is 3.10. The minimum Gasteiger partial charge on any atom is -0.258 e.